The summed E-state index contributed by atoms with van der Waals surface area (Å²) in [5.74, 6) is -0.405. The van der Waals surface area contributed by atoms with Crippen molar-refractivity contribution in [1.82, 2.24) is 4.90 Å². The number of rotatable bonds is 5. The average Bonchev–Trinajstić information content (AvgIpc) is 2.66. The van der Waals surface area contributed by atoms with Gasteiger partial charge in [-0.15, -0.1) is 11.3 Å². The molecule has 1 saturated heterocycles. The van der Waals surface area contributed by atoms with Gasteiger partial charge in [0.15, 0.2) is 4.88 Å². The van der Waals surface area contributed by atoms with Crippen molar-refractivity contribution in [3.63, 3.8) is 0 Å². The first-order chi connectivity index (χ1) is 8.77. The van der Waals surface area contributed by atoms with Crippen LogP contribution in [0.4, 0.5) is 0 Å². The molecule has 0 spiro atoms. The summed E-state index contributed by atoms with van der Waals surface area (Å²) in [5.41, 5.74) is 0. The Hall–Kier alpha value is -1.07. The van der Waals surface area contributed by atoms with E-state index in [2.05, 4.69) is 4.90 Å². The van der Waals surface area contributed by atoms with E-state index in [-0.39, 0.29) is 0 Å². The van der Waals surface area contributed by atoms with Crippen LogP contribution in [0.15, 0.2) is 11.4 Å². The molecule has 1 fully saturated rings. The lowest BCUT2D eigenvalue weighted by molar-refractivity contribution is 0.0697. The smallest absolute Gasteiger partial charge is 0.349 e. The maximum atomic E-state index is 10.9. The van der Waals surface area contributed by atoms with Crippen LogP contribution >= 0.6 is 11.3 Å². The minimum Gasteiger partial charge on any atom is -0.490 e. The molecule has 0 unspecified atom stereocenters. The van der Waals surface area contributed by atoms with Gasteiger partial charge in [0.25, 0.3) is 0 Å². The second-order valence-corrected chi connectivity index (χ2v) is 5.44. The third-order valence-electron chi connectivity index (χ3n) is 3.19. The van der Waals surface area contributed by atoms with E-state index in [9.17, 15) is 4.79 Å². The number of carbonyl (C=O) groups is 1. The fraction of sp³-hybridized carbons (Fsp3) is 0.615. The van der Waals surface area contributed by atoms with E-state index < -0.39 is 5.97 Å². The number of thiophene rings is 1. The zero-order valence-corrected chi connectivity index (χ0v) is 11.2. The molecule has 0 amide bonds. The molecule has 0 atom stereocenters. The van der Waals surface area contributed by atoms with Gasteiger partial charge in [-0.05, 0) is 37.4 Å². The van der Waals surface area contributed by atoms with Crippen LogP contribution in [0.2, 0.25) is 0 Å². The molecule has 0 saturated carbocycles. The minimum absolute atomic E-state index is 0.297. The van der Waals surface area contributed by atoms with Gasteiger partial charge in [0.05, 0.1) is 0 Å². The average molecular weight is 269 g/mol. The number of ether oxygens (including phenoxy) is 1. The second kappa shape index (κ2) is 6.75. The SMILES string of the molecule is O=C(O)c1sccc1OCCN1CCCCCC1. The Balaban J connectivity index is 1.77. The summed E-state index contributed by atoms with van der Waals surface area (Å²) in [6.07, 6.45) is 5.17. The van der Waals surface area contributed by atoms with E-state index in [0.717, 1.165) is 19.6 Å². The molecule has 0 bridgehead atoms. The van der Waals surface area contributed by atoms with Crippen LogP contribution in [0.25, 0.3) is 0 Å². The summed E-state index contributed by atoms with van der Waals surface area (Å²) in [5, 5.41) is 10.7. The van der Waals surface area contributed by atoms with Gasteiger partial charge in [-0.2, -0.15) is 0 Å². The molecule has 2 rings (SSSR count). The van der Waals surface area contributed by atoms with Crippen LogP contribution in [-0.4, -0.2) is 42.2 Å². The first-order valence-corrected chi connectivity index (χ1v) is 7.31. The van der Waals surface area contributed by atoms with Gasteiger partial charge >= 0.3 is 5.97 Å². The predicted octanol–water partition coefficient (Wildman–Crippen LogP) is 2.70. The normalized spacial score (nSPS) is 17.3. The molecule has 100 valence electrons. The number of carboxylic acids is 1. The van der Waals surface area contributed by atoms with E-state index in [1.54, 1.807) is 11.4 Å². The summed E-state index contributed by atoms with van der Waals surface area (Å²) < 4.78 is 5.57. The Labute approximate surface area is 111 Å². The van der Waals surface area contributed by atoms with E-state index >= 15 is 0 Å². The quantitative estimate of drug-likeness (QED) is 0.893. The molecule has 1 aliphatic rings. The molecular weight excluding hydrogens is 250 g/mol. The van der Waals surface area contributed by atoms with Crippen molar-refractivity contribution < 1.29 is 14.6 Å². The monoisotopic (exact) mass is 269 g/mol. The summed E-state index contributed by atoms with van der Waals surface area (Å²) >= 11 is 1.21. The van der Waals surface area contributed by atoms with Gasteiger partial charge < -0.3 is 9.84 Å². The molecule has 0 aromatic carbocycles. The van der Waals surface area contributed by atoms with Crippen molar-refractivity contribution in [3.05, 3.63) is 16.3 Å². The Morgan fingerprint density at radius 1 is 1.33 bits per heavy atom. The molecule has 1 aliphatic heterocycles. The Morgan fingerprint density at radius 3 is 2.72 bits per heavy atom. The maximum Gasteiger partial charge on any atom is 0.349 e. The van der Waals surface area contributed by atoms with Crippen LogP contribution in [-0.2, 0) is 0 Å². The van der Waals surface area contributed by atoms with E-state index in [0.29, 0.717) is 17.2 Å². The fourth-order valence-electron chi connectivity index (χ4n) is 2.21. The first-order valence-electron chi connectivity index (χ1n) is 6.43. The van der Waals surface area contributed by atoms with Crippen LogP contribution in [0.1, 0.15) is 35.4 Å². The zero-order valence-electron chi connectivity index (χ0n) is 10.4. The van der Waals surface area contributed by atoms with E-state index in [1.807, 2.05) is 0 Å². The number of carboxylic acid groups (broad SMARTS) is 1. The van der Waals surface area contributed by atoms with Crippen LogP contribution in [0.5, 0.6) is 5.75 Å². The molecule has 0 radical (unpaired) electrons. The molecule has 1 N–H and O–H groups in total. The first kappa shape index (κ1) is 13.4. The highest BCUT2D eigenvalue weighted by Crippen LogP contribution is 2.24. The van der Waals surface area contributed by atoms with Crippen molar-refractivity contribution >= 4 is 17.3 Å². The van der Waals surface area contributed by atoms with Gasteiger partial charge in [0, 0.05) is 6.54 Å². The lowest BCUT2D eigenvalue weighted by Crippen LogP contribution is -2.29. The van der Waals surface area contributed by atoms with E-state index in [4.69, 9.17) is 9.84 Å². The van der Waals surface area contributed by atoms with Gasteiger partial charge in [-0.25, -0.2) is 4.79 Å². The highest BCUT2D eigenvalue weighted by Gasteiger charge is 2.13. The van der Waals surface area contributed by atoms with Crippen LogP contribution < -0.4 is 4.74 Å². The van der Waals surface area contributed by atoms with Crippen molar-refractivity contribution in [2.75, 3.05) is 26.2 Å². The summed E-state index contributed by atoms with van der Waals surface area (Å²) in [7, 11) is 0. The molecule has 0 aliphatic carbocycles. The maximum absolute atomic E-state index is 10.9. The molecule has 1 aromatic heterocycles. The number of nitrogens with zero attached hydrogens (tertiary/aromatic N) is 1. The Kier molecular flexibility index (Phi) is 5.01. The highest BCUT2D eigenvalue weighted by molar-refractivity contribution is 7.12. The lowest BCUT2D eigenvalue weighted by Gasteiger charge is -2.19. The molecule has 1 aromatic rings. The zero-order chi connectivity index (χ0) is 12.8. The summed E-state index contributed by atoms with van der Waals surface area (Å²) in [6, 6.07) is 1.73. The van der Waals surface area contributed by atoms with Gasteiger partial charge in [0.1, 0.15) is 12.4 Å². The fourth-order valence-corrected chi connectivity index (χ4v) is 2.88. The number of hydrogen-bond donors (Lipinski definition) is 1. The van der Waals surface area contributed by atoms with E-state index in [1.165, 1.54) is 37.0 Å². The van der Waals surface area contributed by atoms with Gasteiger partial charge in [-0.3, -0.25) is 4.90 Å². The largest absolute Gasteiger partial charge is 0.490 e. The second-order valence-electron chi connectivity index (χ2n) is 4.52. The van der Waals surface area contributed by atoms with Crippen LogP contribution in [0, 0.1) is 0 Å². The van der Waals surface area contributed by atoms with Gasteiger partial charge in [0.2, 0.25) is 0 Å². The molecule has 18 heavy (non-hydrogen) atoms. The number of likely N-dealkylation sites (tertiary alicyclic amines) is 1. The van der Waals surface area contributed by atoms with Crippen molar-refractivity contribution in [1.29, 1.82) is 0 Å². The highest BCUT2D eigenvalue weighted by atomic mass is 32.1. The van der Waals surface area contributed by atoms with Gasteiger partial charge in [-0.1, -0.05) is 12.8 Å². The number of hydrogen-bond acceptors (Lipinski definition) is 4. The van der Waals surface area contributed by atoms with Crippen molar-refractivity contribution in [2.45, 2.75) is 25.7 Å². The third kappa shape index (κ3) is 3.71. The standard InChI is InChI=1S/C13H19NO3S/c15-13(16)12-11(5-10-18-12)17-9-8-14-6-3-1-2-4-7-14/h5,10H,1-4,6-9H2,(H,15,16). The van der Waals surface area contributed by atoms with Crippen molar-refractivity contribution in [2.24, 2.45) is 0 Å². The number of aromatic carboxylic acids is 1. The molecule has 2 heterocycles. The summed E-state index contributed by atoms with van der Waals surface area (Å²) in [4.78, 5) is 13.6. The third-order valence-corrected chi connectivity index (χ3v) is 4.07. The molecule has 4 nitrogen and oxygen atoms in total. The minimum atomic E-state index is -0.908. The summed E-state index contributed by atoms with van der Waals surface area (Å²) in [6.45, 7) is 3.73. The topological polar surface area (TPSA) is 49.8 Å². The molecule has 5 heteroatoms. The predicted molar refractivity (Wildman–Crippen MR) is 71.7 cm³/mol. The molecular formula is C13H19NO3S. The van der Waals surface area contributed by atoms with Crippen molar-refractivity contribution in [3.8, 4) is 5.75 Å². The Bertz CT molecular complexity index is 383. The lowest BCUT2D eigenvalue weighted by atomic mass is 10.2. The Morgan fingerprint density at radius 2 is 2.06 bits per heavy atom. The van der Waals surface area contributed by atoms with Crippen LogP contribution in [0.3, 0.4) is 0 Å².